The molecule has 1 fully saturated rings. The lowest BCUT2D eigenvalue weighted by Gasteiger charge is -2.06. The minimum atomic E-state index is -0.134. The lowest BCUT2D eigenvalue weighted by atomic mass is 10.3. The van der Waals surface area contributed by atoms with Crippen molar-refractivity contribution in [3.8, 4) is 0 Å². The summed E-state index contributed by atoms with van der Waals surface area (Å²) < 4.78 is 1.98. The lowest BCUT2D eigenvalue weighted by molar-refractivity contribution is 0.101. The van der Waals surface area contributed by atoms with Gasteiger partial charge < -0.3 is 10.3 Å². The van der Waals surface area contributed by atoms with Gasteiger partial charge in [-0.05, 0) is 32.3 Å². The van der Waals surface area contributed by atoms with Gasteiger partial charge in [0.2, 0.25) is 0 Å². The summed E-state index contributed by atoms with van der Waals surface area (Å²) in [7, 11) is 0. The van der Waals surface area contributed by atoms with Gasteiger partial charge in [0.1, 0.15) is 5.69 Å². The summed E-state index contributed by atoms with van der Waals surface area (Å²) in [6, 6.07) is 2.16. The first kappa shape index (κ1) is 13.2. The third-order valence-electron chi connectivity index (χ3n) is 3.49. The molecule has 0 bridgehead atoms. The number of thiazole rings is 1. The number of anilines is 2. The quantitative estimate of drug-likeness (QED) is 0.909. The van der Waals surface area contributed by atoms with Crippen molar-refractivity contribution in [3.05, 3.63) is 28.5 Å². The number of nitrogens with zero attached hydrogens (tertiary/aromatic N) is 2. The molecule has 106 valence electrons. The molecule has 1 amide bonds. The van der Waals surface area contributed by atoms with Gasteiger partial charge in [0, 0.05) is 17.1 Å². The molecule has 0 radical (unpaired) electrons. The molecule has 3 N–H and O–H groups in total. The molecule has 0 atom stereocenters. The standard InChI is InChI=1S/C14H18N4OS/c1-3-11-8(2)20-14(16-11)17-13(19)12-6-9(15)7-18(12)10-4-5-10/h6-7,10H,3-5,15H2,1-2H3,(H,16,17,19). The van der Waals surface area contributed by atoms with Crippen LogP contribution in [-0.2, 0) is 6.42 Å². The number of amides is 1. The number of carbonyl (C=O) groups is 1. The average Bonchev–Trinajstić information content (AvgIpc) is 3.09. The predicted octanol–water partition coefficient (Wildman–Crippen LogP) is 2.98. The highest BCUT2D eigenvalue weighted by molar-refractivity contribution is 7.15. The number of hydrogen-bond acceptors (Lipinski definition) is 4. The Morgan fingerprint density at radius 2 is 2.35 bits per heavy atom. The zero-order chi connectivity index (χ0) is 14.3. The second kappa shape index (κ2) is 4.94. The number of carbonyl (C=O) groups excluding carboxylic acids is 1. The van der Waals surface area contributed by atoms with E-state index < -0.39 is 0 Å². The first-order valence-electron chi connectivity index (χ1n) is 6.83. The van der Waals surface area contributed by atoms with E-state index in [0.717, 1.165) is 29.8 Å². The highest BCUT2D eigenvalue weighted by atomic mass is 32.1. The molecule has 1 saturated carbocycles. The Hall–Kier alpha value is -1.82. The van der Waals surface area contributed by atoms with E-state index in [2.05, 4.69) is 17.2 Å². The molecule has 0 unspecified atom stereocenters. The number of nitrogens with one attached hydrogen (secondary N) is 1. The summed E-state index contributed by atoms with van der Waals surface area (Å²) in [5.74, 6) is -0.134. The monoisotopic (exact) mass is 290 g/mol. The maximum Gasteiger partial charge on any atom is 0.274 e. The van der Waals surface area contributed by atoms with E-state index in [4.69, 9.17) is 5.73 Å². The Bertz CT molecular complexity index is 654. The van der Waals surface area contributed by atoms with E-state index in [1.807, 2.05) is 17.7 Å². The molecule has 1 aliphatic rings. The van der Waals surface area contributed by atoms with Crippen LogP contribution in [0.5, 0.6) is 0 Å². The minimum Gasteiger partial charge on any atom is -0.397 e. The molecule has 2 aromatic rings. The molecular weight excluding hydrogens is 272 g/mol. The van der Waals surface area contributed by atoms with Crippen LogP contribution < -0.4 is 11.1 Å². The molecule has 6 heteroatoms. The molecule has 0 spiro atoms. The third-order valence-corrected chi connectivity index (χ3v) is 4.42. The van der Waals surface area contributed by atoms with Gasteiger partial charge in [0.25, 0.3) is 5.91 Å². The highest BCUT2D eigenvalue weighted by Gasteiger charge is 2.28. The number of aromatic nitrogens is 2. The van der Waals surface area contributed by atoms with Gasteiger partial charge in [-0.25, -0.2) is 4.98 Å². The molecule has 20 heavy (non-hydrogen) atoms. The van der Waals surface area contributed by atoms with E-state index in [9.17, 15) is 4.79 Å². The molecule has 1 aliphatic carbocycles. The van der Waals surface area contributed by atoms with E-state index in [0.29, 0.717) is 22.6 Å². The summed E-state index contributed by atoms with van der Waals surface area (Å²) in [5, 5.41) is 3.54. The Labute approximate surface area is 121 Å². The average molecular weight is 290 g/mol. The van der Waals surface area contributed by atoms with Crippen LogP contribution in [0, 0.1) is 6.92 Å². The molecule has 2 heterocycles. The molecule has 0 saturated heterocycles. The second-order valence-electron chi connectivity index (χ2n) is 5.13. The van der Waals surface area contributed by atoms with Gasteiger partial charge >= 0.3 is 0 Å². The third kappa shape index (κ3) is 2.43. The molecule has 3 rings (SSSR count). The van der Waals surface area contributed by atoms with Gasteiger partial charge in [-0.2, -0.15) is 0 Å². The van der Waals surface area contributed by atoms with Crippen LogP contribution in [0.2, 0.25) is 0 Å². The predicted molar refractivity (Wildman–Crippen MR) is 81.3 cm³/mol. The SMILES string of the molecule is CCc1nc(NC(=O)c2cc(N)cn2C2CC2)sc1C. The van der Waals surface area contributed by atoms with E-state index in [1.54, 1.807) is 6.07 Å². The molecular formula is C14H18N4OS. The Morgan fingerprint density at radius 1 is 1.60 bits per heavy atom. The van der Waals surface area contributed by atoms with Crippen LogP contribution in [0.25, 0.3) is 0 Å². The molecule has 5 nitrogen and oxygen atoms in total. The number of hydrogen-bond donors (Lipinski definition) is 2. The van der Waals surface area contributed by atoms with Gasteiger partial charge in [-0.3, -0.25) is 10.1 Å². The first-order valence-corrected chi connectivity index (χ1v) is 7.65. The number of rotatable bonds is 4. The fraction of sp³-hybridized carbons (Fsp3) is 0.429. The van der Waals surface area contributed by atoms with Gasteiger partial charge in [-0.15, -0.1) is 11.3 Å². The van der Waals surface area contributed by atoms with E-state index in [1.165, 1.54) is 11.3 Å². The van der Waals surface area contributed by atoms with E-state index in [-0.39, 0.29) is 5.91 Å². The zero-order valence-electron chi connectivity index (χ0n) is 11.6. The van der Waals surface area contributed by atoms with Crippen molar-refractivity contribution in [2.45, 2.75) is 39.2 Å². The van der Waals surface area contributed by atoms with Crippen molar-refractivity contribution < 1.29 is 4.79 Å². The number of nitrogen functional groups attached to an aromatic ring is 1. The molecule has 0 aliphatic heterocycles. The van der Waals surface area contributed by atoms with Gasteiger partial charge in [0.15, 0.2) is 5.13 Å². The molecule has 2 aromatic heterocycles. The highest BCUT2D eigenvalue weighted by Crippen LogP contribution is 2.37. The minimum absolute atomic E-state index is 0.134. The second-order valence-corrected chi connectivity index (χ2v) is 6.33. The van der Waals surface area contributed by atoms with Crippen LogP contribution in [0.4, 0.5) is 10.8 Å². The van der Waals surface area contributed by atoms with Gasteiger partial charge in [0.05, 0.1) is 11.4 Å². The van der Waals surface area contributed by atoms with Crippen molar-refractivity contribution >= 4 is 28.1 Å². The van der Waals surface area contributed by atoms with Crippen molar-refractivity contribution in [2.24, 2.45) is 0 Å². The van der Waals surface area contributed by atoms with Crippen molar-refractivity contribution in [1.29, 1.82) is 0 Å². The summed E-state index contributed by atoms with van der Waals surface area (Å²) in [6.45, 7) is 4.09. The normalized spacial score (nSPS) is 14.5. The lowest BCUT2D eigenvalue weighted by Crippen LogP contribution is -2.16. The summed E-state index contributed by atoms with van der Waals surface area (Å²) in [4.78, 5) is 18.0. The maximum atomic E-state index is 12.4. The number of nitrogens with two attached hydrogens (primary N) is 1. The Balaban J connectivity index is 1.82. The van der Waals surface area contributed by atoms with E-state index >= 15 is 0 Å². The van der Waals surface area contributed by atoms with Crippen molar-refractivity contribution in [2.75, 3.05) is 11.1 Å². The van der Waals surface area contributed by atoms with Crippen molar-refractivity contribution in [1.82, 2.24) is 9.55 Å². The summed E-state index contributed by atoms with van der Waals surface area (Å²) in [5.41, 5.74) is 8.11. The summed E-state index contributed by atoms with van der Waals surface area (Å²) in [6.07, 6.45) is 4.95. The van der Waals surface area contributed by atoms with Gasteiger partial charge in [-0.1, -0.05) is 6.92 Å². The van der Waals surface area contributed by atoms with Crippen LogP contribution in [-0.4, -0.2) is 15.5 Å². The maximum absolute atomic E-state index is 12.4. The van der Waals surface area contributed by atoms with Crippen LogP contribution in [0.1, 0.15) is 46.9 Å². The Kier molecular flexibility index (Phi) is 3.25. The fourth-order valence-electron chi connectivity index (χ4n) is 2.31. The smallest absolute Gasteiger partial charge is 0.274 e. The molecule has 0 aromatic carbocycles. The van der Waals surface area contributed by atoms with Crippen LogP contribution >= 0.6 is 11.3 Å². The first-order chi connectivity index (χ1) is 9.58. The largest absolute Gasteiger partial charge is 0.397 e. The summed E-state index contributed by atoms with van der Waals surface area (Å²) >= 11 is 1.52. The zero-order valence-corrected chi connectivity index (χ0v) is 12.5. The number of aryl methyl sites for hydroxylation is 2. The van der Waals surface area contributed by atoms with Crippen molar-refractivity contribution in [3.63, 3.8) is 0 Å². The van der Waals surface area contributed by atoms with Crippen LogP contribution in [0.15, 0.2) is 12.3 Å². The Morgan fingerprint density at radius 3 is 2.95 bits per heavy atom. The topological polar surface area (TPSA) is 72.9 Å². The van der Waals surface area contributed by atoms with Crippen LogP contribution in [0.3, 0.4) is 0 Å². The fourth-order valence-corrected chi connectivity index (χ4v) is 3.21.